The zero-order valence-electron chi connectivity index (χ0n) is 27.7. The number of nitrogens with zero attached hydrogens (tertiary/aromatic N) is 5. The van der Waals surface area contributed by atoms with Crippen molar-refractivity contribution in [2.75, 3.05) is 0 Å². The molecule has 0 spiro atoms. The quantitative estimate of drug-likeness (QED) is 0.185. The molecule has 9 aromatic rings. The molecule has 0 unspecified atom stereocenters. The molecule has 10 rings (SSSR count). The third-order valence-electron chi connectivity index (χ3n) is 9.94. The maximum atomic E-state index is 5.23. The van der Waals surface area contributed by atoms with Gasteiger partial charge in [-0.15, -0.1) is 0 Å². The van der Waals surface area contributed by atoms with Crippen molar-refractivity contribution in [1.29, 1.82) is 0 Å². The largest absolute Gasteiger partial charge is 0.298 e. The van der Waals surface area contributed by atoms with Gasteiger partial charge in [0, 0.05) is 28.1 Å². The highest BCUT2D eigenvalue weighted by Gasteiger charge is 2.19. The van der Waals surface area contributed by atoms with Crippen molar-refractivity contribution in [2.24, 2.45) is 0 Å². The first kappa shape index (κ1) is 29.2. The Labute approximate surface area is 295 Å². The molecular weight excluding hydrogens is 623 g/mol. The molecule has 0 bridgehead atoms. The lowest BCUT2D eigenvalue weighted by molar-refractivity contribution is 1.03. The second kappa shape index (κ2) is 12.0. The molecule has 0 saturated heterocycles. The minimum absolute atomic E-state index is 0.785. The minimum atomic E-state index is 0.785. The van der Waals surface area contributed by atoms with E-state index in [1.807, 2.05) is 24.3 Å². The van der Waals surface area contributed by atoms with Crippen LogP contribution in [0.1, 0.15) is 24.2 Å². The molecule has 0 fully saturated rings. The van der Waals surface area contributed by atoms with E-state index in [1.54, 1.807) is 0 Å². The van der Waals surface area contributed by atoms with Gasteiger partial charge in [-0.3, -0.25) is 4.40 Å². The van der Waals surface area contributed by atoms with Crippen LogP contribution in [-0.4, -0.2) is 24.3 Å². The van der Waals surface area contributed by atoms with Crippen LogP contribution in [0.25, 0.3) is 83.3 Å². The Kier molecular flexibility index (Phi) is 6.88. The Morgan fingerprint density at radius 1 is 0.431 bits per heavy atom. The van der Waals surface area contributed by atoms with Gasteiger partial charge in [-0.2, -0.15) is 0 Å². The molecule has 4 heterocycles. The van der Waals surface area contributed by atoms with Gasteiger partial charge in [0.15, 0.2) is 5.82 Å². The van der Waals surface area contributed by atoms with E-state index in [4.69, 9.17) is 19.9 Å². The predicted molar refractivity (Wildman–Crippen MR) is 209 cm³/mol. The van der Waals surface area contributed by atoms with Crippen LogP contribution in [-0.2, 0) is 0 Å². The summed E-state index contributed by atoms with van der Waals surface area (Å²) in [6.07, 6.45) is 8.26. The summed E-state index contributed by atoms with van der Waals surface area (Å²) in [4.78, 5) is 20.5. The van der Waals surface area contributed by atoms with Gasteiger partial charge in [-0.25, -0.2) is 19.9 Å². The Morgan fingerprint density at radius 3 is 1.88 bits per heavy atom. The van der Waals surface area contributed by atoms with E-state index >= 15 is 0 Å². The summed E-state index contributed by atoms with van der Waals surface area (Å²) in [5.41, 5.74) is 14.8. The van der Waals surface area contributed by atoms with Gasteiger partial charge in [-0.05, 0) is 77.1 Å². The second-order valence-corrected chi connectivity index (χ2v) is 13.0. The Bertz CT molecular complexity index is 2860. The van der Waals surface area contributed by atoms with E-state index in [9.17, 15) is 0 Å². The molecule has 0 amide bonds. The zero-order chi connectivity index (χ0) is 33.7. The third-order valence-corrected chi connectivity index (χ3v) is 9.94. The number of imidazole rings is 1. The van der Waals surface area contributed by atoms with Gasteiger partial charge in [0.2, 0.25) is 0 Å². The number of aromatic nitrogens is 5. The number of rotatable bonds is 5. The van der Waals surface area contributed by atoms with Crippen LogP contribution >= 0.6 is 0 Å². The monoisotopic (exact) mass is 653 g/mol. The first-order chi connectivity index (χ1) is 25.3. The molecule has 5 heteroatoms. The van der Waals surface area contributed by atoms with Crippen molar-refractivity contribution in [3.05, 3.63) is 175 Å². The fraction of sp³-hybridized carbons (Fsp3) is 0.0435. The molecular formula is C46H31N5. The van der Waals surface area contributed by atoms with Crippen molar-refractivity contribution in [3.63, 3.8) is 0 Å². The predicted octanol–water partition coefficient (Wildman–Crippen LogP) is 11.2. The SMILES string of the molecule is C1=C(c2cccc(-c3nc4ccccc4c4nc5ccccn5c34)c2)CCC(c2nc(-c3cccc(-c4ccccc4)c3)c3ccccc3n2)=C1. The lowest BCUT2D eigenvalue weighted by Gasteiger charge is -2.17. The summed E-state index contributed by atoms with van der Waals surface area (Å²) in [6.45, 7) is 0. The Hall–Kier alpha value is -6.72. The van der Waals surface area contributed by atoms with Crippen LogP contribution < -0.4 is 0 Å². The molecule has 0 radical (unpaired) electrons. The zero-order valence-corrected chi connectivity index (χ0v) is 27.7. The number of para-hydroxylation sites is 2. The number of fused-ring (bicyclic) bond motifs is 6. The average molecular weight is 654 g/mol. The van der Waals surface area contributed by atoms with Crippen molar-refractivity contribution in [1.82, 2.24) is 24.3 Å². The maximum absolute atomic E-state index is 5.23. The molecule has 5 nitrogen and oxygen atoms in total. The second-order valence-electron chi connectivity index (χ2n) is 13.0. The molecule has 51 heavy (non-hydrogen) atoms. The highest BCUT2D eigenvalue weighted by atomic mass is 15.0. The summed E-state index contributed by atoms with van der Waals surface area (Å²) in [5.74, 6) is 0.785. The summed E-state index contributed by atoms with van der Waals surface area (Å²) in [5, 5.41) is 2.12. The Morgan fingerprint density at radius 2 is 1.06 bits per heavy atom. The fourth-order valence-electron chi connectivity index (χ4n) is 7.40. The van der Waals surface area contributed by atoms with Gasteiger partial charge < -0.3 is 0 Å². The topological polar surface area (TPSA) is 56.0 Å². The molecule has 1 aliphatic rings. The molecule has 0 N–H and O–H groups in total. The van der Waals surface area contributed by atoms with Crippen molar-refractivity contribution < 1.29 is 0 Å². The lowest BCUT2D eigenvalue weighted by Crippen LogP contribution is -2.01. The smallest absolute Gasteiger partial charge is 0.156 e. The van der Waals surface area contributed by atoms with Crippen molar-refractivity contribution >= 4 is 49.6 Å². The first-order valence-corrected chi connectivity index (χ1v) is 17.4. The van der Waals surface area contributed by atoms with Crippen molar-refractivity contribution in [3.8, 4) is 33.6 Å². The molecule has 1 aliphatic carbocycles. The number of hydrogen-bond donors (Lipinski definition) is 0. The fourth-order valence-corrected chi connectivity index (χ4v) is 7.40. The molecule has 0 saturated carbocycles. The van der Waals surface area contributed by atoms with E-state index in [2.05, 4.69) is 144 Å². The summed E-state index contributed by atoms with van der Waals surface area (Å²) in [6, 6.07) is 50.6. The number of benzene rings is 5. The lowest BCUT2D eigenvalue weighted by atomic mass is 9.91. The molecule has 0 atom stereocenters. The molecule has 4 aromatic heterocycles. The van der Waals surface area contributed by atoms with Crippen LogP contribution in [0.3, 0.4) is 0 Å². The molecule has 240 valence electrons. The van der Waals surface area contributed by atoms with Crippen LogP contribution in [0.15, 0.2) is 164 Å². The van der Waals surface area contributed by atoms with Crippen LogP contribution in [0.5, 0.6) is 0 Å². The van der Waals surface area contributed by atoms with Gasteiger partial charge in [0.25, 0.3) is 0 Å². The maximum Gasteiger partial charge on any atom is 0.156 e. The van der Waals surface area contributed by atoms with Gasteiger partial charge in [0.1, 0.15) is 11.2 Å². The summed E-state index contributed by atoms with van der Waals surface area (Å²) >= 11 is 0. The van der Waals surface area contributed by atoms with E-state index in [1.165, 1.54) is 22.3 Å². The van der Waals surface area contributed by atoms with Crippen LogP contribution in [0.2, 0.25) is 0 Å². The van der Waals surface area contributed by atoms with Crippen LogP contribution in [0.4, 0.5) is 0 Å². The first-order valence-electron chi connectivity index (χ1n) is 17.4. The summed E-state index contributed by atoms with van der Waals surface area (Å²) in [7, 11) is 0. The number of pyridine rings is 2. The normalized spacial score (nSPS) is 13.2. The van der Waals surface area contributed by atoms with E-state index in [0.717, 1.165) is 85.2 Å². The third kappa shape index (κ3) is 5.10. The minimum Gasteiger partial charge on any atom is -0.298 e. The van der Waals surface area contributed by atoms with Gasteiger partial charge in [-0.1, -0.05) is 121 Å². The highest BCUT2D eigenvalue weighted by Crippen LogP contribution is 2.37. The van der Waals surface area contributed by atoms with E-state index in [0.29, 0.717) is 0 Å². The van der Waals surface area contributed by atoms with Gasteiger partial charge in [0.05, 0.1) is 27.9 Å². The number of allylic oxidation sites excluding steroid dienone is 4. The van der Waals surface area contributed by atoms with Gasteiger partial charge >= 0.3 is 0 Å². The van der Waals surface area contributed by atoms with E-state index in [-0.39, 0.29) is 0 Å². The standard InChI is InChI=1S/C46H31N5/c1-2-12-30(13-3-1)33-14-10-16-35(28-33)42-37-18-4-7-21-40(37)48-46(50-42)32-25-23-31(24-26-32)34-15-11-17-36(29-34)43-45-44(38-19-5-6-20-39(38)47-43)49-41-22-8-9-27-51(41)45/h1-23,25,27-29H,24,26H2. The molecule has 0 aliphatic heterocycles. The highest BCUT2D eigenvalue weighted by molar-refractivity contribution is 6.09. The van der Waals surface area contributed by atoms with Crippen molar-refractivity contribution in [2.45, 2.75) is 12.8 Å². The Balaban J connectivity index is 1.04. The van der Waals surface area contributed by atoms with E-state index < -0.39 is 0 Å². The molecule has 5 aromatic carbocycles. The number of hydrogen-bond acceptors (Lipinski definition) is 4. The average Bonchev–Trinajstić information content (AvgIpc) is 3.61. The summed E-state index contributed by atoms with van der Waals surface area (Å²) < 4.78 is 2.15. The van der Waals surface area contributed by atoms with Crippen LogP contribution in [0, 0.1) is 0 Å².